The Labute approximate surface area is 119 Å². The van der Waals surface area contributed by atoms with E-state index in [0.29, 0.717) is 0 Å². The molecule has 4 rings (SSSR count). The smallest absolute Gasteiger partial charge is 0.00854 e. The van der Waals surface area contributed by atoms with Gasteiger partial charge in [0, 0.05) is 0 Å². The molecule has 0 spiro atoms. The molecule has 2 aliphatic rings. The molecule has 0 bridgehead atoms. The van der Waals surface area contributed by atoms with Crippen molar-refractivity contribution in [3.8, 4) is 0 Å². The standard InChI is InChI=1S/C20H18/c1-3-7-19-15(5-1)9-11-17(19)13-14-18-12-10-16-6-2-4-8-20(16)18/h1-9,12H,10-11,13-14H2. The van der Waals surface area contributed by atoms with E-state index in [9.17, 15) is 0 Å². The van der Waals surface area contributed by atoms with E-state index < -0.39 is 0 Å². The molecular formula is C20H18. The minimum Gasteiger partial charge on any atom is -0.0763 e. The van der Waals surface area contributed by atoms with Crippen LogP contribution < -0.4 is 10.4 Å². The van der Waals surface area contributed by atoms with Crippen LogP contribution in [0.25, 0.3) is 17.2 Å². The summed E-state index contributed by atoms with van der Waals surface area (Å²) in [5.41, 5.74) is 6.11. The van der Waals surface area contributed by atoms with Gasteiger partial charge in [-0.15, -0.1) is 0 Å². The minimum absolute atomic E-state index is 1.11. The molecule has 20 heavy (non-hydrogen) atoms. The zero-order chi connectivity index (χ0) is 13.4. The van der Waals surface area contributed by atoms with Crippen LogP contribution in [0.15, 0.2) is 54.6 Å². The Morgan fingerprint density at radius 3 is 2.60 bits per heavy atom. The van der Waals surface area contributed by atoms with E-state index in [4.69, 9.17) is 0 Å². The highest BCUT2D eigenvalue weighted by Crippen LogP contribution is 2.32. The van der Waals surface area contributed by atoms with Gasteiger partial charge >= 0.3 is 0 Å². The fraction of sp³-hybridized carbons (Fsp3) is 0.200. The predicted molar refractivity (Wildman–Crippen MR) is 85.5 cm³/mol. The van der Waals surface area contributed by atoms with Crippen molar-refractivity contribution in [2.75, 3.05) is 0 Å². The van der Waals surface area contributed by atoms with E-state index in [0.717, 1.165) is 12.8 Å². The summed E-state index contributed by atoms with van der Waals surface area (Å²) in [6.07, 6.45) is 9.39. The highest BCUT2D eigenvalue weighted by atomic mass is 14.2. The van der Waals surface area contributed by atoms with E-state index in [1.165, 1.54) is 40.0 Å². The first-order valence-electron chi connectivity index (χ1n) is 7.46. The first-order valence-corrected chi connectivity index (χ1v) is 7.46. The minimum atomic E-state index is 1.11. The summed E-state index contributed by atoms with van der Waals surface area (Å²) in [5, 5.41) is 2.89. The molecule has 0 saturated carbocycles. The highest BCUT2D eigenvalue weighted by molar-refractivity contribution is 5.74. The molecule has 0 fully saturated rings. The van der Waals surface area contributed by atoms with Crippen LogP contribution in [0.4, 0.5) is 0 Å². The lowest BCUT2D eigenvalue weighted by molar-refractivity contribution is 1.06. The van der Waals surface area contributed by atoms with Gasteiger partial charge in [0.2, 0.25) is 0 Å². The van der Waals surface area contributed by atoms with Crippen LogP contribution in [-0.2, 0) is 6.42 Å². The van der Waals surface area contributed by atoms with Crippen LogP contribution in [0.5, 0.6) is 0 Å². The van der Waals surface area contributed by atoms with Crippen LogP contribution in [0, 0.1) is 0 Å². The third-order valence-electron chi connectivity index (χ3n) is 4.54. The number of hydrogen-bond acceptors (Lipinski definition) is 0. The number of rotatable bonds is 3. The largest absolute Gasteiger partial charge is 0.0763 e. The summed E-state index contributed by atoms with van der Waals surface area (Å²) in [7, 11) is 0. The molecule has 0 heteroatoms. The van der Waals surface area contributed by atoms with Crippen molar-refractivity contribution < 1.29 is 0 Å². The molecule has 0 aromatic heterocycles. The lowest BCUT2D eigenvalue weighted by Gasteiger charge is -2.06. The molecule has 0 nitrogen and oxygen atoms in total. The van der Waals surface area contributed by atoms with Crippen molar-refractivity contribution in [1.29, 1.82) is 0 Å². The molecule has 0 unspecified atom stereocenters. The lowest BCUT2D eigenvalue weighted by Crippen LogP contribution is -2.21. The van der Waals surface area contributed by atoms with E-state index in [-0.39, 0.29) is 0 Å². The van der Waals surface area contributed by atoms with Crippen LogP contribution in [0.2, 0.25) is 0 Å². The highest BCUT2D eigenvalue weighted by Gasteiger charge is 2.14. The molecule has 0 radical (unpaired) electrons. The van der Waals surface area contributed by atoms with Crippen molar-refractivity contribution >= 4 is 17.2 Å². The number of hydrogen-bond donors (Lipinski definition) is 0. The maximum atomic E-state index is 2.41. The summed E-state index contributed by atoms with van der Waals surface area (Å²) >= 11 is 0. The van der Waals surface area contributed by atoms with Crippen molar-refractivity contribution in [3.05, 3.63) is 76.2 Å². The van der Waals surface area contributed by atoms with Crippen LogP contribution >= 0.6 is 0 Å². The van der Waals surface area contributed by atoms with Gasteiger partial charge in [-0.1, -0.05) is 66.3 Å². The second-order valence-corrected chi connectivity index (χ2v) is 5.69. The molecule has 0 atom stereocenters. The molecule has 0 aliphatic heterocycles. The van der Waals surface area contributed by atoms with Gasteiger partial charge in [0.25, 0.3) is 0 Å². The molecule has 0 heterocycles. The van der Waals surface area contributed by atoms with Gasteiger partial charge in [0.1, 0.15) is 0 Å². The zero-order valence-electron chi connectivity index (χ0n) is 11.6. The van der Waals surface area contributed by atoms with Crippen molar-refractivity contribution in [1.82, 2.24) is 0 Å². The van der Waals surface area contributed by atoms with Crippen molar-refractivity contribution in [3.63, 3.8) is 0 Å². The van der Waals surface area contributed by atoms with E-state index in [1.807, 2.05) is 0 Å². The van der Waals surface area contributed by atoms with Gasteiger partial charge in [0.05, 0.1) is 0 Å². The summed E-state index contributed by atoms with van der Waals surface area (Å²) in [6, 6.07) is 17.6. The Bertz CT molecular complexity index is 806. The predicted octanol–water partition coefficient (Wildman–Crippen LogP) is 3.44. The third kappa shape index (κ3) is 1.92. The zero-order valence-corrected chi connectivity index (χ0v) is 11.6. The SMILES string of the molecule is C1=C(CCC2=c3ccccc3=CC2)c2ccccc2C1. The quantitative estimate of drug-likeness (QED) is 0.791. The van der Waals surface area contributed by atoms with Gasteiger partial charge < -0.3 is 0 Å². The summed E-state index contributed by atoms with van der Waals surface area (Å²) in [5.74, 6) is 0. The first kappa shape index (κ1) is 11.7. The van der Waals surface area contributed by atoms with Gasteiger partial charge in [-0.05, 0) is 52.8 Å². The van der Waals surface area contributed by atoms with Crippen LogP contribution in [-0.4, -0.2) is 0 Å². The average molecular weight is 258 g/mol. The van der Waals surface area contributed by atoms with Crippen molar-refractivity contribution in [2.24, 2.45) is 0 Å². The number of benzene rings is 2. The Hall–Kier alpha value is -2.08. The Kier molecular flexibility index (Phi) is 2.81. The summed E-state index contributed by atoms with van der Waals surface area (Å²) in [6.45, 7) is 0. The second kappa shape index (κ2) is 4.79. The molecule has 2 aromatic carbocycles. The average Bonchev–Trinajstić information content (AvgIpc) is 3.09. The fourth-order valence-electron chi connectivity index (χ4n) is 3.45. The molecule has 0 amide bonds. The van der Waals surface area contributed by atoms with E-state index in [2.05, 4.69) is 60.7 Å². The summed E-state index contributed by atoms with van der Waals surface area (Å²) < 4.78 is 0. The maximum Gasteiger partial charge on any atom is -0.00854 e. The number of allylic oxidation sites excluding steroid dienone is 2. The van der Waals surface area contributed by atoms with Gasteiger partial charge in [-0.25, -0.2) is 0 Å². The Morgan fingerprint density at radius 1 is 0.750 bits per heavy atom. The normalized spacial score (nSPS) is 15.6. The third-order valence-corrected chi connectivity index (χ3v) is 4.54. The Balaban J connectivity index is 1.58. The van der Waals surface area contributed by atoms with E-state index in [1.54, 1.807) is 5.57 Å². The maximum absolute atomic E-state index is 2.41. The number of fused-ring (bicyclic) bond motifs is 2. The lowest BCUT2D eigenvalue weighted by atomic mass is 9.98. The van der Waals surface area contributed by atoms with Crippen LogP contribution in [0.3, 0.4) is 0 Å². The van der Waals surface area contributed by atoms with Crippen LogP contribution in [0.1, 0.15) is 30.4 Å². The van der Waals surface area contributed by atoms with Gasteiger partial charge in [-0.3, -0.25) is 0 Å². The van der Waals surface area contributed by atoms with Gasteiger partial charge in [0.15, 0.2) is 0 Å². The molecular weight excluding hydrogens is 240 g/mol. The molecule has 2 aliphatic carbocycles. The monoisotopic (exact) mass is 258 g/mol. The Morgan fingerprint density at radius 2 is 1.60 bits per heavy atom. The van der Waals surface area contributed by atoms with E-state index >= 15 is 0 Å². The summed E-state index contributed by atoms with van der Waals surface area (Å²) in [4.78, 5) is 0. The van der Waals surface area contributed by atoms with Crippen molar-refractivity contribution in [2.45, 2.75) is 25.7 Å². The first-order chi connectivity index (χ1) is 9.92. The fourth-order valence-corrected chi connectivity index (χ4v) is 3.45. The molecule has 0 saturated heterocycles. The second-order valence-electron chi connectivity index (χ2n) is 5.69. The molecule has 0 N–H and O–H groups in total. The molecule has 2 aromatic rings. The topological polar surface area (TPSA) is 0 Å². The van der Waals surface area contributed by atoms with Gasteiger partial charge in [-0.2, -0.15) is 0 Å². The molecule has 98 valence electrons.